The van der Waals surface area contributed by atoms with Gasteiger partial charge >= 0.3 is 0 Å². The number of ether oxygens (including phenoxy) is 1. The quantitative estimate of drug-likeness (QED) is 0.619. The topological polar surface area (TPSA) is 26.3 Å². The van der Waals surface area contributed by atoms with E-state index >= 15 is 0 Å². The fourth-order valence-corrected chi connectivity index (χ4v) is 1.81. The monoisotopic (exact) mass is 294 g/mol. The Kier molecular flexibility index (Phi) is 3.24. The predicted octanol–water partition coefficient (Wildman–Crippen LogP) is 2.64. The zero-order valence-electron chi connectivity index (χ0n) is 7.23. The summed E-state index contributed by atoms with van der Waals surface area (Å²) in [4.78, 5) is 11.1. The first kappa shape index (κ1) is 10.4. The molecule has 4 heteroatoms. The molecule has 0 aromatic heterocycles. The van der Waals surface area contributed by atoms with Crippen molar-refractivity contribution in [2.75, 3.05) is 7.11 Å². The second-order valence-electron chi connectivity index (χ2n) is 2.49. The van der Waals surface area contributed by atoms with Crippen LogP contribution < -0.4 is 4.74 Å². The average Bonchev–Trinajstić information content (AvgIpc) is 2.04. The van der Waals surface area contributed by atoms with Gasteiger partial charge in [-0.3, -0.25) is 4.79 Å². The van der Waals surface area contributed by atoms with Crippen LogP contribution >= 0.6 is 22.6 Å². The van der Waals surface area contributed by atoms with E-state index in [0.717, 1.165) is 0 Å². The van der Waals surface area contributed by atoms with Gasteiger partial charge in [0.05, 0.1) is 12.7 Å². The first-order chi connectivity index (χ1) is 6.07. The van der Waals surface area contributed by atoms with Crippen molar-refractivity contribution in [2.45, 2.75) is 6.92 Å². The smallest absolute Gasteiger partial charge is 0.176 e. The lowest BCUT2D eigenvalue weighted by Crippen LogP contribution is -2.02. The van der Waals surface area contributed by atoms with E-state index in [2.05, 4.69) is 0 Å². The zero-order chi connectivity index (χ0) is 10.0. The van der Waals surface area contributed by atoms with Crippen LogP contribution in [0.1, 0.15) is 17.3 Å². The Balaban J connectivity index is 3.38. The molecule has 0 N–H and O–H groups in total. The molecule has 0 aliphatic rings. The van der Waals surface area contributed by atoms with Crippen molar-refractivity contribution in [3.8, 4) is 5.75 Å². The number of methoxy groups -OCH3 is 1. The summed E-state index contributed by atoms with van der Waals surface area (Å²) >= 11 is 1.92. The lowest BCUT2D eigenvalue weighted by atomic mass is 10.1. The van der Waals surface area contributed by atoms with Gasteiger partial charge in [-0.05, 0) is 41.6 Å². The summed E-state index contributed by atoms with van der Waals surface area (Å²) in [6, 6.07) is 3.16. The molecule has 0 unspecified atom stereocenters. The van der Waals surface area contributed by atoms with Gasteiger partial charge in [0.2, 0.25) is 0 Å². The summed E-state index contributed by atoms with van der Waals surface area (Å²) in [6.07, 6.45) is 0. The maximum atomic E-state index is 13.4. The third-order valence-electron chi connectivity index (χ3n) is 1.63. The normalized spacial score (nSPS) is 9.85. The molecular weight excluding hydrogens is 286 g/mol. The highest BCUT2D eigenvalue weighted by Gasteiger charge is 2.15. The van der Waals surface area contributed by atoms with E-state index < -0.39 is 5.82 Å². The molecule has 0 saturated carbocycles. The maximum absolute atomic E-state index is 13.4. The molecule has 0 spiro atoms. The van der Waals surface area contributed by atoms with Crippen molar-refractivity contribution in [2.24, 2.45) is 0 Å². The molecule has 2 nitrogen and oxygen atoms in total. The van der Waals surface area contributed by atoms with Crippen molar-refractivity contribution >= 4 is 28.4 Å². The van der Waals surface area contributed by atoms with Crippen molar-refractivity contribution in [1.29, 1.82) is 0 Å². The van der Waals surface area contributed by atoms with Crippen LogP contribution in [0.15, 0.2) is 12.1 Å². The highest BCUT2D eigenvalue weighted by molar-refractivity contribution is 14.1. The van der Waals surface area contributed by atoms with E-state index in [4.69, 9.17) is 4.74 Å². The Morgan fingerprint density at radius 3 is 2.62 bits per heavy atom. The predicted molar refractivity (Wildman–Crippen MR) is 55.7 cm³/mol. The summed E-state index contributed by atoms with van der Waals surface area (Å²) in [5.41, 5.74) is 0.0972. The molecule has 70 valence electrons. The van der Waals surface area contributed by atoms with Crippen LogP contribution in [-0.2, 0) is 0 Å². The second kappa shape index (κ2) is 4.04. The van der Waals surface area contributed by atoms with Gasteiger partial charge in [0.15, 0.2) is 17.3 Å². The average molecular weight is 294 g/mol. The van der Waals surface area contributed by atoms with Crippen molar-refractivity contribution in [1.82, 2.24) is 0 Å². The zero-order valence-corrected chi connectivity index (χ0v) is 9.38. The number of halogens is 2. The third kappa shape index (κ3) is 1.99. The summed E-state index contributed by atoms with van der Waals surface area (Å²) in [5.74, 6) is -0.770. The summed E-state index contributed by atoms with van der Waals surface area (Å²) < 4.78 is 18.8. The van der Waals surface area contributed by atoms with Crippen LogP contribution in [-0.4, -0.2) is 12.9 Å². The van der Waals surface area contributed by atoms with E-state index in [0.29, 0.717) is 3.57 Å². The Bertz CT molecular complexity index is 350. The Morgan fingerprint density at radius 2 is 2.15 bits per heavy atom. The summed E-state index contributed by atoms with van der Waals surface area (Å²) in [5, 5.41) is 0. The standard InChI is InChI=1S/C9H8FIO2/c1-5(12)8-6(11)3-4-7(13-2)9(8)10/h3-4H,1-2H3. The van der Waals surface area contributed by atoms with Crippen LogP contribution in [0.3, 0.4) is 0 Å². The van der Waals surface area contributed by atoms with Gasteiger partial charge in [0.25, 0.3) is 0 Å². The first-order valence-corrected chi connectivity index (χ1v) is 4.68. The molecule has 0 atom stereocenters. The van der Waals surface area contributed by atoms with Crippen molar-refractivity contribution in [3.05, 3.63) is 27.1 Å². The van der Waals surface area contributed by atoms with Gasteiger partial charge in [-0.25, -0.2) is 4.39 Å². The van der Waals surface area contributed by atoms with E-state index in [1.807, 2.05) is 22.6 Å². The minimum absolute atomic E-state index is 0.0972. The van der Waals surface area contributed by atoms with Crippen LogP contribution in [0.5, 0.6) is 5.75 Å². The van der Waals surface area contributed by atoms with Crippen LogP contribution in [0, 0.1) is 9.39 Å². The van der Waals surface area contributed by atoms with Gasteiger partial charge in [-0.15, -0.1) is 0 Å². The molecule has 1 aromatic carbocycles. The van der Waals surface area contributed by atoms with Crippen LogP contribution in [0.25, 0.3) is 0 Å². The van der Waals surface area contributed by atoms with Gasteiger partial charge in [0.1, 0.15) is 0 Å². The van der Waals surface area contributed by atoms with Crippen molar-refractivity contribution < 1.29 is 13.9 Å². The Labute approximate surface area is 89.2 Å². The van der Waals surface area contributed by atoms with Crippen LogP contribution in [0.4, 0.5) is 4.39 Å². The fraction of sp³-hybridized carbons (Fsp3) is 0.222. The van der Waals surface area contributed by atoms with E-state index in [1.54, 1.807) is 6.07 Å². The van der Waals surface area contributed by atoms with E-state index in [-0.39, 0.29) is 17.1 Å². The molecule has 0 saturated heterocycles. The first-order valence-electron chi connectivity index (χ1n) is 3.61. The number of rotatable bonds is 2. The Hall–Kier alpha value is -0.650. The van der Waals surface area contributed by atoms with E-state index in [1.165, 1.54) is 20.1 Å². The van der Waals surface area contributed by atoms with Gasteiger partial charge in [-0.1, -0.05) is 0 Å². The SMILES string of the molecule is COc1ccc(I)c(C(C)=O)c1F. The summed E-state index contributed by atoms with van der Waals surface area (Å²) in [6.45, 7) is 1.33. The molecule has 0 bridgehead atoms. The lowest BCUT2D eigenvalue weighted by molar-refractivity contribution is 0.101. The highest BCUT2D eigenvalue weighted by Crippen LogP contribution is 2.25. The molecule has 0 heterocycles. The molecule has 0 aliphatic heterocycles. The molecule has 0 fully saturated rings. The molecule has 13 heavy (non-hydrogen) atoms. The Morgan fingerprint density at radius 1 is 1.54 bits per heavy atom. The molecule has 1 rings (SSSR count). The number of hydrogen-bond acceptors (Lipinski definition) is 2. The fourth-order valence-electron chi connectivity index (χ4n) is 1.01. The molecule has 0 radical (unpaired) electrons. The van der Waals surface area contributed by atoms with E-state index in [9.17, 15) is 9.18 Å². The number of benzene rings is 1. The minimum Gasteiger partial charge on any atom is -0.494 e. The van der Waals surface area contributed by atoms with Gasteiger partial charge in [0, 0.05) is 3.57 Å². The molecular formula is C9H8FIO2. The largest absolute Gasteiger partial charge is 0.494 e. The number of ketones is 1. The number of carbonyl (C=O) groups is 1. The lowest BCUT2D eigenvalue weighted by Gasteiger charge is -2.06. The van der Waals surface area contributed by atoms with Crippen molar-refractivity contribution in [3.63, 3.8) is 0 Å². The summed E-state index contributed by atoms with van der Waals surface area (Å²) in [7, 11) is 1.37. The molecule has 0 amide bonds. The minimum atomic E-state index is -0.582. The number of hydrogen-bond donors (Lipinski definition) is 0. The van der Waals surface area contributed by atoms with Crippen LogP contribution in [0.2, 0.25) is 0 Å². The molecule has 0 aliphatic carbocycles. The number of Topliss-reactive ketones (excluding diaryl/α,β-unsaturated/α-hetero) is 1. The van der Waals surface area contributed by atoms with Gasteiger partial charge < -0.3 is 4.74 Å². The maximum Gasteiger partial charge on any atom is 0.176 e. The third-order valence-corrected chi connectivity index (χ3v) is 2.53. The highest BCUT2D eigenvalue weighted by atomic mass is 127. The van der Waals surface area contributed by atoms with Gasteiger partial charge in [-0.2, -0.15) is 0 Å². The second-order valence-corrected chi connectivity index (χ2v) is 3.66. The number of carbonyl (C=O) groups excluding carboxylic acids is 1. The molecule has 1 aromatic rings.